The summed E-state index contributed by atoms with van der Waals surface area (Å²) in [5.41, 5.74) is 0. The maximum Gasteiger partial charge on any atom is 0.187 e. The van der Waals surface area contributed by atoms with Crippen LogP contribution in [0.4, 0.5) is 0 Å². The maximum absolute atomic E-state index is 0. The molecule has 0 heterocycles. The first kappa shape index (κ1) is 31.0. The van der Waals surface area contributed by atoms with Gasteiger partial charge in [0.2, 0.25) is 0 Å². The second-order valence-electron chi connectivity index (χ2n) is 0. The minimum absolute atomic E-state index is 0. The molecule has 0 saturated heterocycles. The van der Waals surface area contributed by atoms with Crippen molar-refractivity contribution in [3.05, 3.63) is 0 Å². The molecule has 0 rings (SSSR count). The van der Waals surface area contributed by atoms with Crippen molar-refractivity contribution < 1.29 is 156 Å². The van der Waals surface area contributed by atoms with Crippen LogP contribution in [-0.2, 0) is 32.7 Å². The summed E-state index contributed by atoms with van der Waals surface area (Å²) in [7, 11) is 0. The third-order valence-electron chi connectivity index (χ3n) is 0. The molecule has 0 aromatic carbocycles. The van der Waals surface area contributed by atoms with Gasteiger partial charge in [0.05, 0.1) is 0 Å². The van der Waals surface area contributed by atoms with Gasteiger partial charge in [0, 0.05) is 156 Å². The van der Waals surface area contributed by atoms with Crippen molar-refractivity contribution in [1.82, 2.24) is 0 Å². The van der Waals surface area contributed by atoms with Gasteiger partial charge in [-0.05, 0) is 0 Å². The van der Waals surface area contributed by atoms with Gasteiger partial charge in [-0.3, -0.25) is 0 Å². The fourth-order valence-electron chi connectivity index (χ4n) is 0. The van der Waals surface area contributed by atoms with Crippen molar-refractivity contribution in [1.29, 1.82) is 0 Å². The summed E-state index contributed by atoms with van der Waals surface area (Å²) < 4.78 is 0. The van der Waals surface area contributed by atoms with Crippen LogP contribution in [0.2, 0.25) is 0 Å². The average molecular weight is 624 g/mol. The molecule has 0 saturated carbocycles. The van der Waals surface area contributed by atoms with Crippen molar-refractivity contribution >= 4 is 17.4 Å². The van der Waals surface area contributed by atoms with Crippen LogP contribution >= 0.6 is 0 Å². The molecule has 0 N–H and O–H groups in total. The molecule has 0 aliphatic heterocycles. The Morgan fingerprint density at radius 1 is 1.00 bits per heavy atom. The molecule has 0 atom stereocenters. The molecule has 2 radical (unpaired) electrons. The van der Waals surface area contributed by atoms with E-state index in [1.807, 2.05) is 0 Å². The first-order chi connectivity index (χ1) is 0. The van der Waals surface area contributed by atoms with Crippen LogP contribution in [0.1, 0.15) is 0 Å². The third kappa shape index (κ3) is 17.7. The minimum Gasteiger partial charge on any atom is 0 e. The number of rotatable bonds is 0. The van der Waals surface area contributed by atoms with Gasteiger partial charge >= 0.3 is 0 Å². The van der Waals surface area contributed by atoms with E-state index in [0.717, 1.165) is 0 Å². The summed E-state index contributed by atoms with van der Waals surface area (Å²) in [6.45, 7) is 0. The summed E-state index contributed by atoms with van der Waals surface area (Å²) in [4.78, 5) is 0. The molecule has 0 amide bonds. The van der Waals surface area contributed by atoms with E-state index in [9.17, 15) is 0 Å². The SMILES string of the molecule is [AlH3].[Gd].[Lu].[Y].[Yb]. The molecule has 0 aliphatic carbocycles. The topological polar surface area (TPSA) is 0 Å². The predicted octanol–water partition coefficient (Wildman–Crippen LogP) is -1.19. The summed E-state index contributed by atoms with van der Waals surface area (Å²) in [5.74, 6) is 0. The first-order valence-corrected chi connectivity index (χ1v) is 0. The molecule has 0 fully saturated rings. The molecular formula is H3AlGdLuYYb. The molecule has 0 aromatic heterocycles. The smallest absolute Gasteiger partial charge is 0 e. The summed E-state index contributed by atoms with van der Waals surface area (Å²) in [6, 6.07) is 0. The quantitative estimate of drug-likeness (QED) is 0.298. The predicted molar refractivity (Wildman–Crippen MR) is 9.94 cm³/mol. The van der Waals surface area contributed by atoms with Gasteiger partial charge < -0.3 is 0 Å². The van der Waals surface area contributed by atoms with E-state index in [4.69, 9.17) is 0 Å². The van der Waals surface area contributed by atoms with E-state index in [1.165, 1.54) is 0 Å². The van der Waals surface area contributed by atoms with Crippen LogP contribution < -0.4 is 0 Å². The van der Waals surface area contributed by atoms with Crippen molar-refractivity contribution in [3.8, 4) is 0 Å². The van der Waals surface area contributed by atoms with Crippen molar-refractivity contribution in [2.45, 2.75) is 0 Å². The van der Waals surface area contributed by atoms with Crippen LogP contribution in [0.3, 0.4) is 0 Å². The van der Waals surface area contributed by atoms with Crippen LogP contribution in [0.25, 0.3) is 0 Å². The normalized spacial score (nSPS) is 0. The zero-order chi connectivity index (χ0) is 0. The van der Waals surface area contributed by atoms with Gasteiger partial charge in [-0.1, -0.05) is 0 Å². The fourth-order valence-corrected chi connectivity index (χ4v) is 0. The van der Waals surface area contributed by atoms with E-state index in [1.54, 1.807) is 0 Å². The van der Waals surface area contributed by atoms with Crippen molar-refractivity contribution in [2.24, 2.45) is 0 Å². The largest absolute Gasteiger partial charge is 0.187 e. The molecule has 0 bridgehead atoms. The standard InChI is InChI=1S/Al.Gd.Lu.Y.Yb.3H. The van der Waals surface area contributed by atoms with Gasteiger partial charge in [-0.25, -0.2) is 0 Å². The zero-order valence-corrected chi connectivity index (χ0v) is 9.93. The molecule has 0 aromatic rings. The summed E-state index contributed by atoms with van der Waals surface area (Å²) in [6.07, 6.45) is 0. The Morgan fingerprint density at radius 3 is 1.00 bits per heavy atom. The number of hydrogen-bond acceptors (Lipinski definition) is 0. The zero-order valence-electron chi connectivity index (χ0n) is 1.46. The Bertz CT molecular complexity index is 11.6. The van der Waals surface area contributed by atoms with E-state index in [-0.39, 0.29) is 174 Å². The monoisotopic (exact) mass is 626 g/mol. The fraction of sp³-hybridized carbons (Fsp3) is 0. The minimum atomic E-state index is 0. The molecule has 5 heteroatoms. The van der Waals surface area contributed by atoms with Crippen LogP contribution in [-0.4, -0.2) is 17.4 Å². The van der Waals surface area contributed by atoms with Gasteiger partial charge in [-0.2, -0.15) is 0 Å². The Labute approximate surface area is 168 Å². The Morgan fingerprint density at radius 2 is 1.00 bits per heavy atom. The van der Waals surface area contributed by atoms with Crippen molar-refractivity contribution in [3.63, 3.8) is 0 Å². The van der Waals surface area contributed by atoms with E-state index in [2.05, 4.69) is 0 Å². The summed E-state index contributed by atoms with van der Waals surface area (Å²) >= 11 is 0. The third-order valence-corrected chi connectivity index (χ3v) is 0. The van der Waals surface area contributed by atoms with Crippen molar-refractivity contribution in [2.75, 3.05) is 0 Å². The van der Waals surface area contributed by atoms with Crippen LogP contribution in [0.5, 0.6) is 0 Å². The molecule has 5 heavy (non-hydrogen) atoms. The van der Waals surface area contributed by atoms with Gasteiger partial charge in [-0.15, -0.1) is 0 Å². The second kappa shape index (κ2) is 22.6. The molecule has 0 aliphatic rings. The van der Waals surface area contributed by atoms with Gasteiger partial charge in [0.25, 0.3) is 0 Å². The Balaban J connectivity index is 0. The molecule has 0 nitrogen and oxygen atoms in total. The summed E-state index contributed by atoms with van der Waals surface area (Å²) in [5, 5.41) is 0. The van der Waals surface area contributed by atoms with E-state index in [0.29, 0.717) is 0 Å². The Hall–Kier alpha value is 5.71. The molecule has 0 unspecified atom stereocenters. The average Bonchev–Trinajstić information content (AvgIpc) is 0. The van der Waals surface area contributed by atoms with Crippen LogP contribution in [0, 0.1) is 124 Å². The molecule has 0 spiro atoms. The van der Waals surface area contributed by atoms with Crippen LogP contribution in [0.15, 0.2) is 0 Å². The number of hydrogen-bond donors (Lipinski definition) is 0. The second-order valence-corrected chi connectivity index (χ2v) is 0. The Kier molecular flexibility index (Phi) is 140. The van der Waals surface area contributed by atoms with E-state index >= 15 is 0 Å². The van der Waals surface area contributed by atoms with Gasteiger partial charge in [0.1, 0.15) is 0 Å². The maximum atomic E-state index is 0. The van der Waals surface area contributed by atoms with Gasteiger partial charge in [0.15, 0.2) is 17.4 Å². The first-order valence-electron chi connectivity index (χ1n) is 0. The van der Waals surface area contributed by atoms with E-state index < -0.39 is 0 Å². The molecule has 46 valence electrons. The molecular weight excluding hydrogens is 621 g/mol.